The Labute approximate surface area is 147 Å². The second-order valence-corrected chi connectivity index (χ2v) is 6.38. The first kappa shape index (κ1) is 15.0. The Morgan fingerprint density at radius 2 is 1.85 bits per heavy atom. The summed E-state index contributed by atoms with van der Waals surface area (Å²) in [5.41, 5.74) is 1.40. The van der Waals surface area contributed by atoms with Gasteiger partial charge in [0.2, 0.25) is 5.43 Å². The molecule has 0 bridgehead atoms. The number of nitrogens with zero attached hydrogens (tertiary/aromatic N) is 1. The van der Waals surface area contributed by atoms with E-state index in [2.05, 4.69) is 0 Å². The molecule has 0 aliphatic heterocycles. The van der Waals surface area contributed by atoms with Gasteiger partial charge in [-0.15, -0.1) is 0 Å². The monoisotopic (exact) mass is 347 g/mol. The molecule has 0 N–H and O–H groups in total. The van der Waals surface area contributed by atoms with E-state index in [1.165, 1.54) is 18.2 Å². The molecule has 0 unspecified atom stereocenters. The van der Waals surface area contributed by atoms with E-state index in [9.17, 15) is 9.18 Å². The molecule has 4 nitrogen and oxygen atoms in total. The lowest BCUT2D eigenvalue weighted by Gasteiger charge is -2.10. The number of aromatic nitrogens is 1. The minimum absolute atomic E-state index is 0.231. The fourth-order valence-corrected chi connectivity index (χ4v) is 3.70. The molecule has 2 aromatic heterocycles. The first-order valence-corrected chi connectivity index (χ1v) is 8.19. The predicted molar refractivity (Wildman–Crippen MR) is 100 cm³/mol. The van der Waals surface area contributed by atoms with Gasteiger partial charge in [-0.3, -0.25) is 4.79 Å². The summed E-state index contributed by atoms with van der Waals surface area (Å²) in [6, 6.07) is 11.7. The molecule has 0 aliphatic rings. The molecule has 0 saturated carbocycles. The van der Waals surface area contributed by atoms with E-state index in [4.69, 9.17) is 9.15 Å². The van der Waals surface area contributed by atoms with Gasteiger partial charge in [-0.2, -0.15) is 0 Å². The number of aryl methyl sites for hydroxylation is 1. The summed E-state index contributed by atoms with van der Waals surface area (Å²) in [6.07, 6.45) is 1.90. The average Bonchev–Trinajstić information content (AvgIpc) is 3.04. The van der Waals surface area contributed by atoms with Crippen LogP contribution < -0.4 is 10.2 Å². The topological polar surface area (TPSA) is 44.4 Å². The van der Waals surface area contributed by atoms with Crippen molar-refractivity contribution >= 4 is 43.6 Å². The van der Waals surface area contributed by atoms with E-state index in [1.807, 2.05) is 42.1 Å². The van der Waals surface area contributed by atoms with Gasteiger partial charge in [-0.25, -0.2) is 4.39 Å². The van der Waals surface area contributed by atoms with Crippen LogP contribution in [0.25, 0.3) is 43.6 Å². The highest BCUT2D eigenvalue weighted by atomic mass is 19.1. The Morgan fingerprint density at radius 3 is 2.65 bits per heavy atom. The van der Waals surface area contributed by atoms with Crippen LogP contribution in [0.3, 0.4) is 0 Å². The standard InChI is InChI=1S/C21H14FNO3/c1-23-8-7-13-15-10-12(25-2)4-5-14(15)21-18(19(13)23)20(24)16-9-11(22)3-6-17(16)26-21/h3-10H,1-2H3. The van der Waals surface area contributed by atoms with Crippen molar-refractivity contribution in [2.75, 3.05) is 7.11 Å². The molecule has 0 radical (unpaired) electrons. The van der Waals surface area contributed by atoms with Crippen molar-refractivity contribution in [3.63, 3.8) is 0 Å². The first-order chi connectivity index (χ1) is 12.6. The highest BCUT2D eigenvalue weighted by Gasteiger charge is 2.18. The van der Waals surface area contributed by atoms with E-state index in [0.29, 0.717) is 16.6 Å². The molecule has 0 saturated heterocycles. The molecule has 5 rings (SSSR count). The van der Waals surface area contributed by atoms with Crippen LogP contribution in [0.2, 0.25) is 0 Å². The van der Waals surface area contributed by atoms with E-state index < -0.39 is 5.82 Å². The van der Waals surface area contributed by atoms with Crippen molar-refractivity contribution in [3.8, 4) is 5.75 Å². The Kier molecular flexibility index (Phi) is 2.92. The van der Waals surface area contributed by atoms with E-state index in [0.717, 1.165) is 27.4 Å². The Hall–Kier alpha value is -3.34. The highest BCUT2D eigenvalue weighted by molar-refractivity contribution is 6.24. The summed E-state index contributed by atoms with van der Waals surface area (Å²) in [5, 5.41) is 3.40. The fraction of sp³-hybridized carbons (Fsp3) is 0.0952. The van der Waals surface area contributed by atoms with Crippen LogP contribution in [0.1, 0.15) is 0 Å². The van der Waals surface area contributed by atoms with Gasteiger partial charge < -0.3 is 13.7 Å². The van der Waals surface area contributed by atoms with Crippen LogP contribution in [0.15, 0.2) is 57.9 Å². The number of hydrogen-bond acceptors (Lipinski definition) is 3. The third kappa shape index (κ3) is 1.85. The van der Waals surface area contributed by atoms with Crippen molar-refractivity contribution in [2.24, 2.45) is 7.05 Å². The number of ether oxygens (including phenoxy) is 1. The van der Waals surface area contributed by atoms with Crippen molar-refractivity contribution in [1.29, 1.82) is 0 Å². The molecule has 0 spiro atoms. The number of benzene rings is 3. The molecule has 0 fully saturated rings. The Morgan fingerprint density at radius 1 is 1.00 bits per heavy atom. The summed E-state index contributed by atoms with van der Waals surface area (Å²) in [5.74, 6) is 0.269. The third-order valence-electron chi connectivity index (χ3n) is 4.92. The normalized spacial score (nSPS) is 11.8. The molecule has 0 atom stereocenters. The molecule has 2 heterocycles. The van der Waals surface area contributed by atoms with Crippen LogP contribution in [-0.4, -0.2) is 11.7 Å². The van der Waals surface area contributed by atoms with Crippen LogP contribution in [-0.2, 0) is 7.05 Å². The molecular weight excluding hydrogens is 333 g/mol. The highest BCUT2D eigenvalue weighted by Crippen LogP contribution is 2.37. The summed E-state index contributed by atoms with van der Waals surface area (Å²) >= 11 is 0. The lowest BCUT2D eigenvalue weighted by molar-refractivity contribution is 0.415. The van der Waals surface area contributed by atoms with Gasteiger partial charge in [-0.05, 0) is 47.9 Å². The molecular formula is C21H14FNO3. The maximum absolute atomic E-state index is 13.7. The van der Waals surface area contributed by atoms with Gasteiger partial charge in [0.15, 0.2) is 0 Å². The third-order valence-corrected chi connectivity index (χ3v) is 4.92. The smallest absolute Gasteiger partial charge is 0.202 e. The zero-order valence-electron chi connectivity index (χ0n) is 14.2. The fourth-order valence-electron chi connectivity index (χ4n) is 3.70. The van der Waals surface area contributed by atoms with E-state index in [1.54, 1.807) is 7.11 Å². The maximum Gasteiger partial charge on any atom is 0.202 e. The first-order valence-electron chi connectivity index (χ1n) is 8.19. The molecule has 128 valence electrons. The van der Waals surface area contributed by atoms with Gasteiger partial charge >= 0.3 is 0 Å². The number of fused-ring (bicyclic) bond motifs is 7. The van der Waals surface area contributed by atoms with Gasteiger partial charge in [0, 0.05) is 24.0 Å². The van der Waals surface area contributed by atoms with E-state index in [-0.39, 0.29) is 10.8 Å². The van der Waals surface area contributed by atoms with Crippen LogP contribution in [0.4, 0.5) is 4.39 Å². The zero-order valence-corrected chi connectivity index (χ0v) is 14.2. The minimum Gasteiger partial charge on any atom is -0.497 e. The molecule has 5 aromatic rings. The number of methoxy groups -OCH3 is 1. The predicted octanol–water partition coefficient (Wildman–Crippen LogP) is 4.74. The zero-order chi connectivity index (χ0) is 18.0. The summed E-state index contributed by atoms with van der Waals surface area (Å²) < 4.78 is 27.0. The van der Waals surface area contributed by atoms with Gasteiger partial charge in [0.1, 0.15) is 22.7 Å². The quantitative estimate of drug-likeness (QED) is 0.325. The average molecular weight is 347 g/mol. The van der Waals surface area contributed by atoms with Crippen molar-refractivity contribution in [3.05, 3.63) is 64.7 Å². The van der Waals surface area contributed by atoms with E-state index >= 15 is 0 Å². The van der Waals surface area contributed by atoms with Crippen molar-refractivity contribution in [1.82, 2.24) is 4.57 Å². The second-order valence-electron chi connectivity index (χ2n) is 6.38. The molecule has 0 aliphatic carbocycles. The van der Waals surface area contributed by atoms with Crippen molar-refractivity contribution < 1.29 is 13.5 Å². The molecule has 3 aromatic carbocycles. The van der Waals surface area contributed by atoms with Crippen molar-refractivity contribution in [2.45, 2.75) is 0 Å². The summed E-state index contributed by atoms with van der Waals surface area (Å²) in [6.45, 7) is 0. The van der Waals surface area contributed by atoms with Gasteiger partial charge in [0.25, 0.3) is 0 Å². The second kappa shape index (κ2) is 5.08. The Bertz CT molecular complexity index is 1410. The molecule has 5 heteroatoms. The van der Waals surface area contributed by atoms with Gasteiger partial charge in [0.05, 0.1) is 23.4 Å². The number of hydrogen-bond donors (Lipinski definition) is 0. The largest absolute Gasteiger partial charge is 0.497 e. The van der Waals surface area contributed by atoms with Crippen LogP contribution in [0.5, 0.6) is 5.75 Å². The number of halogens is 1. The van der Waals surface area contributed by atoms with Gasteiger partial charge in [-0.1, -0.05) is 0 Å². The summed E-state index contributed by atoms with van der Waals surface area (Å²) in [7, 11) is 3.50. The maximum atomic E-state index is 13.7. The van der Waals surface area contributed by atoms with Crippen LogP contribution in [0, 0.1) is 5.82 Å². The number of rotatable bonds is 1. The SMILES string of the molecule is COc1ccc2c(c1)c1ccn(C)c1c1c(=O)c3cc(F)ccc3oc21. The molecule has 26 heavy (non-hydrogen) atoms. The molecule has 0 amide bonds. The summed E-state index contributed by atoms with van der Waals surface area (Å²) in [4.78, 5) is 13.2. The van der Waals surface area contributed by atoms with Crippen LogP contribution >= 0.6 is 0 Å². The lowest BCUT2D eigenvalue weighted by atomic mass is 10.0. The Balaban J connectivity index is 2.15. The minimum atomic E-state index is -0.460. The lowest BCUT2D eigenvalue weighted by Crippen LogP contribution is -2.05.